The van der Waals surface area contributed by atoms with Gasteiger partial charge in [0.25, 0.3) is 0 Å². The van der Waals surface area contributed by atoms with Crippen LogP contribution in [0.15, 0.2) is 103 Å². The average Bonchev–Trinajstić information content (AvgIpc) is 3.04. The summed E-state index contributed by atoms with van der Waals surface area (Å²) in [6.45, 7) is 1.59. The number of nitrogens with one attached hydrogen (secondary N) is 1. The van der Waals surface area contributed by atoms with Crippen LogP contribution in [0, 0.1) is 0 Å². The van der Waals surface area contributed by atoms with Gasteiger partial charge in [-0.25, -0.2) is 4.79 Å². The maximum Gasteiger partial charge on any atom is 0.408 e. The Labute approximate surface area is 246 Å². The number of nitrogens with zero attached hydrogens (tertiary/aromatic N) is 1. The van der Waals surface area contributed by atoms with Gasteiger partial charge in [-0.2, -0.15) is 0 Å². The first-order valence-electron chi connectivity index (χ1n) is 14.4. The van der Waals surface area contributed by atoms with E-state index < -0.39 is 12.1 Å². The second-order valence-corrected chi connectivity index (χ2v) is 10.7. The maximum absolute atomic E-state index is 13.6. The molecule has 1 N–H and O–H groups in total. The Balaban J connectivity index is 1.18. The van der Waals surface area contributed by atoms with Gasteiger partial charge in [0.1, 0.15) is 37.4 Å². The zero-order chi connectivity index (χ0) is 28.7. The summed E-state index contributed by atoms with van der Waals surface area (Å²) in [6, 6.07) is 32.9. The van der Waals surface area contributed by atoms with Gasteiger partial charge in [-0.15, -0.1) is 0 Å². The lowest BCUT2D eigenvalue weighted by atomic mass is 9.84. The molecule has 0 unspecified atom stereocenters. The van der Waals surface area contributed by atoms with Crippen LogP contribution in [-0.2, 0) is 35.8 Å². The highest BCUT2D eigenvalue weighted by Crippen LogP contribution is 2.44. The molecule has 6 rings (SSSR count). The van der Waals surface area contributed by atoms with Crippen molar-refractivity contribution in [2.45, 2.75) is 51.2 Å². The zero-order valence-corrected chi connectivity index (χ0v) is 23.4. The Morgan fingerprint density at radius 1 is 0.762 bits per heavy atom. The van der Waals surface area contributed by atoms with Crippen molar-refractivity contribution >= 4 is 12.0 Å². The van der Waals surface area contributed by atoms with Crippen molar-refractivity contribution in [3.05, 3.63) is 131 Å². The molecule has 0 spiro atoms. The van der Waals surface area contributed by atoms with Crippen molar-refractivity contribution in [3.63, 3.8) is 0 Å². The molecule has 4 aromatic carbocycles. The van der Waals surface area contributed by atoms with E-state index in [4.69, 9.17) is 14.2 Å². The van der Waals surface area contributed by atoms with E-state index in [1.54, 1.807) is 0 Å². The van der Waals surface area contributed by atoms with Gasteiger partial charge < -0.3 is 24.4 Å². The summed E-state index contributed by atoms with van der Waals surface area (Å²) in [4.78, 5) is 28.0. The highest BCUT2D eigenvalue weighted by molar-refractivity contribution is 5.87. The topological polar surface area (TPSA) is 77.1 Å². The van der Waals surface area contributed by atoms with E-state index in [0.717, 1.165) is 39.3 Å². The summed E-state index contributed by atoms with van der Waals surface area (Å²) in [5, 5.41) is 2.79. The number of rotatable bonds is 9. The summed E-state index contributed by atoms with van der Waals surface area (Å²) in [6.07, 6.45) is 1.31. The van der Waals surface area contributed by atoms with Crippen LogP contribution in [0.4, 0.5) is 4.79 Å². The van der Waals surface area contributed by atoms with Crippen LogP contribution in [0.3, 0.4) is 0 Å². The molecular formula is C35H34N2O5. The van der Waals surface area contributed by atoms with Crippen molar-refractivity contribution in [1.29, 1.82) is 0 Å². The van der Waals surface area contributed by atoms with E-state index in [9.17, 15) is 9.59 Å². The molecule has 2 atom stereocenters. The van der Waals surface area contributed by atoms with Crippen LogP contribution in [0.25, 0.3) is 0 Å². The molecule has 214 valence electrons. The number of ether oxygens (including phenoxy) is 3. The quantitative estimate of drug-likeness (QED) is 0.257. The van der Waals surface area contributed by atoms with Crippen molar-refractivity contribution < 1.29 is 23.8 Å². The number of alkyl carbamates (subject to hydrolysis) is 1. The monoisotopic (exact) mass is 562 g/mol. The number of piperidine rings is 1. The summed E-state index contributed by atoms with van der Waals surface area (Å²) in [7, 11) is 0. The van der Waals surface area contributed by atoms with E-state index in [1.807, 2.05) is 102 Å². The molecule has 1 saturated heterocycles. The standard InChI is InChI=1S/C35H34N2O5/c38-34-30(36-35(39)42-24-27-14-8-3-9-15-27)16-17-31-33-28(18-19-37(31)34)20-29(40-22-25-10-4-1-5-11-25)21-32(33)41-23-26-12-6-2-7-13-26/h1-15,20-21,30-31H,16-19,22-24H2,(H,36,39)/t30-,31+/m0/s1. The summed E-state index contributed by atoms with van der Waals surface area (Å²) >= 11 is 0. The van der Waals surface area contributed by atoms with Gasteiger partial charge in [0.15, 0.2) is 0 Å². The van der Waals surface area contributed by atoms with Gasteiger partial charge in [0.2, 0.25) is 5.91 Å². The number of hydrogen-bond acceptors (Lipinski definition) is 5. The van der Waals surface area contributed by atoms with Crippen LogP contribution in [0.5, 0.6) is 11.5 Å². The Hall–Kier alpha value is -4.78. The zero-order valence-electron chi connectivity index (χ0n) is 23.4. The van der Waals surface area contributed by atoms with E-state index in [-0.39, 0.29) is 18.6 Å². The predicted octanol–water partition coefficient (Wildman–Crippen LogP) is 6.36. The van der Waals surface area contributed by atoms with Gasteiger partial charge in [-0.1, -0.05) is 91.0 Å². The molecule has 2 amide bonds. The largest absolute Gasteiger partial charge is 0.489 e. The first kappa shape index (κ1) is 27.4. The first-order valence-corrected chi connectivity index (χ1v) is 14.4. The summed E-state index contributed by atoms with van der Waals surface area (Å²) in [5.74, 6) is 1.39. The van der Waals surface area contributed by atoms with Crippen molar-refractivity contribution in [2.24, 2.45) is 0 Å². The molecule has 2 heterocycles. The normalized spacial score (nSPS) is 17.5. The fourth-order valence-electron chi connectivity index (χ4n) is 5.73. The number of amides is 2. The minimum absolute atomic E-state index is 0.0908. The first-order chi connectivity index (χ1) is 20.6. The van der Waals surface area contributed by atoms with Crippen LogP contribution in [0.2, 0.25) is 0 Å². The van der Waals surface area contributed by atoms with Crippen LogP contribution >= 0.6 is 0 Å². The summed E-state index contributed by atoms with van der Waals surface area (Å²) in [5.41, 5.74) is 5.21. The number of fused-ring (bicyclic) bond motifs is 3. The van der Waals surface area contributed by atoms with Crippen molar-refractivity contribution in [3.8, 4) is 11.5 Å². The van der Waals surface area contributed by atoms with E-state index in [0.29, 0.717) is 39.0 Å². The molecule has 1 fully saturated rings. The number of carbonyl (C=O) groups is 2. The van der Waals surface area contributed by atoms with Crippen LogP contribution < -0.4 is 14.8 Å². The third-order valence-corrected chi connectivity index (χ3v) is 7.83. The molecule has 4 aromatic rings. The molecule has 7 nitrogen and oxygen atoms in total. The number of carbonyl (C=O) groups excluding carboxylic acids is 2. The molecule has 7 heteroatoms. The lowest BCUT2D eigenvalue weighted by Gasteiger charge is -2.43. The van der Waals surface area contributed by atoms with Gasteiger partial charge in [-0.3, -0.25) is 4.79 Å². The smallest absolute Gasteiger partial charge is 0.408 e. The van der Waals surface area contributed by atoms with E-state index in [2.05, 4.69) is 11.4 Å². The Kier molecular flexibility index (Phi) is 8.36. The summed E-state index contributed by atoms with van der Waals surface area (Å²) < 4.78 is 18.0. The molecule has 0 saturated carbocycles. The molecule has 0 radical (unpaired) electrons. The Morgan fingerprint density at radius 3 is 2.00 bits per heavy atom. The van der Waals surface area contributed by atoms with Gasteiger partial charge in [-0.05, 0) is 47.6 Å². The van der Waals surface area contributed by atoms with Crippen LogP contribution in [-0.4, -0.2) is 29.5 Å². The third-order valence-electron chi connectivity index (χ3n) is 7.83. The molecule has 0 aromatic heterocycles. The molecule has 0 aliphatic carbocycles. The Bertz CT molecular complexity index is 1510. The maximum atomic E-state index is 13.6. The van der Waals surface area contributed by atoms with Gasteiger partial charge >= 0.3 is 6.09 Å². The van der Waals surface area contributed by atoms with E-state index in [1.165, 1.54) is 0 Å². The lowest BCUT2D eigenvalue weighted by molar-refractivity contribution is -0.139. The molecule has 42 heavy (non-hydrogen) atoms. The van der Waals surface area contributed by atoms with Crippen LogP contribution in [0.1, 0.15) is 46.7 Å². The SMILES string of the molecule is O=C(N[C@H]1CC[C@@H]2c3c(cc(OCc4ccccc4)cc3OCc3ccccc3)CCN2C1=O)OCc1ccccc1. The molecular weight excluding hydrogens is 528 g/mol. The number of hydrogen-bond donors (Lipinski definition) is 1. The minimum atomic E-state index is -0.617. The second kappa shape index (κ2) is 12.8. The lowest BCUT2D eigenvalue weighted by Crippen LogP contribution is -2.55. The van der Waals surface area contributed by atoms with Crippen molar-refractivity contribution in [1.82, 2.24) is 10.2 Å². The highest BCUT2D eigenvalue weighted by atomic mass is 16.5. The van der Waals surface area contributed by atoms with E-state index >= 15 is 0 Å². The fraction of sp³-hybridized carbons (Fsp3) is 0.257. The highest BCUT2D eigenvalue weighted by Gasteiger charge is 2.41. The minimum Gasteiger partial charge on any atom is -0.489 e. The van der Waals surface area contributed by atoms with Gasteiger partial charge in [0.05, 0.1) is 6.04 Å². The molecule has 2 aliphatic rings. The van der Waals surface area contributed by atoms with Gasteiger partial charge in [0, 0.05) is 18.2 Å². The fourth-order valence-corrected chi connectivity index (χ4v) is 5.73. The van der Waals surface area contributed by atoms with Crippen molar-refractivity contribution in [2.75, 3.05) is 6.54 Å². The molecule has 0 bridgehead atoms. The average molecular weight is 563 g/mol. The Morgan fingerprint density at radius 2 is 1.36 bits per heavy atom. The predicted molar refractivity (Wildman–Crippen MR) is 159 cm³/mol. The second-order valence-electron chi connectivity index (χ2n) is 10.7. The third kappa shape index (κ3) is 6.41. The number of benzene rings is 4. The molecule has 2 aliphatic heterocycles.